The lowest BCUT2D eigenvalue weighted by Gasteiger charge is -2.21. The molecular weight excluding hydrogens is 454 g/mol. The van der Waals surface area contributed by atoms with E-state index >= 15 is 0 Å². The first-order valence-corrected chi connectivity index (χ1v) is 13.6. The van der Waals surface area contributed by atoms with Crippen molar-refractivity contribution in [3.8, 4) is 0 Å². The zero-order chi connectivity index (χ0) is 21.8. The number of hydrogen-bond acceptors (Lipinski definition) is 5. The van der Waals surface area contributed by atoms with Crippen molar-refractivity contribution in [2.75, 3.05) is 16.8 Å². The fourth-order valence-electron chi connectivity index (χ4n) is 3.56. The Morgan fingerprint density at radius 3 is 2.72 bits per heavy atom. The van der Waals surface area contributed by atoms with Crippen molar-refractivity contribution in [1.82, 2.24) is 9.38 Å². The minimum absolute atomic E-state index is 0.0806. The second-order valence-corrected chi connectivity index (χ2v) is 11.3. The first-order valence-electron chi connectivity index (χ1n) is 10.5. The normalized spacial score (nSPS) is 14.5. The highest BCUT2D eigenvalue weighted by Crippen LogP contribution is 2.44. The minimum atomic E-state index is -0.0806. The molecule has 2 aromatic heterocycles. The van der Waals surface area contributed by atoms with Crippen LogP contribution in [0.2, 0.25) is 0 Å². The van der Waals surface area contributed by atoms with Gasteiger partial charge in [0.2, 0.25) is 0 Å². The molecule has 1 saturated heterocycles. The molecule has 4 aromatic rings. The highest BCUT2D eigenvalue weighted by molar-refractivity contribution is 8.16. The fourth-order valence-corrected chi connectivity index (χ4v) is 7.22. The third-order valence-corrected chi connectivity index (χ3v) is 9.22. The van der Waals surface area contributed by atoms with Crippen LogP contribution in [0, 0.1) is 0 Å². The van der Waals surface area contributed by atoms with Crippen LogP contribution < -0.4 is 5.32 Å². The molecule has 1 N–H and O–H groups in total. The van der Waals surface area contributed by atoms with Crippen LogP contribution in [0.3, 0.4) is 0 Å². The van der Waals surface area contributed by atoms with Crippen LogP contribution in [-0.2, 0) is 5.75 Å². The predicted molar refractivity (Wildman–Crippen MR) is 138 cm³/mol. The Balaban J connectivity index is 1.19. The van der Waals surface area contributed by atoms with Crippen LogP contribution in [0.4, 0.5) is 5.69 Å². The van der Waals surface area contributed by atoms with Crippen molar-refractivity contribution in [3.05, 3.63) is 95.9 Å². The lowest BCUT2D eigenvalue weighted by atomic mass is 10.2. The van der Waals surface area contributed by atoms with Crippen molar-refractivity contribution >= 4 is 52.5 Å². The number of carbonyl (C=O) groups is 1. The quantitative estimate of drug-likeness (QED) is 0.311. The molecule has 5 rings (SSSR count). The first kappa shape index (κ1) is 21.5. The van der Waals surface area contributed by atoms with E-state index in [0.717, 1.165) is 27.7 Å². The monoisotopic (exact) mass is 477 g/mol. The summed E-state index contributed by atoms with van der Waals surface area (Å²) in [4.78, 5) is 18.5. The van der Waals surface area contributed by atoms with Gasteiger partial charge in [0.05, 0.1) is 10.3 Å². The molecule has 1 aliphatic rings. The maximum Gasteiger partial charge on any atom is 0.255 e. The number of nitrogens with one attached hydrogen (secondary N) is 1. The smallest absolute Gasteiger partial charge is 0.255 e. The van der Waals surface area contributed by atoms with Gasteiger partial charge < -0.3 is 9.72 Å². The third-order valence-electron chi connectivity index (χ3n) is 5.16. The van der Waals surface area contributed by atoms with Gasteiger partial charge in [-0.3, -0.25) is 4.79 Å². The average Bonchev–Trinajstić information content (AvgIpc) is 3.27. The van der Waals surface area contributed by atoms with Gasteiger partial charge in [0.1, 0.15) is 5.65 Å². The molecule has 162 valence electrons. The van der Waals surface area contributed by atoms with Gasteiger partial charge in [0, 0.05) is 34.3 Å². The maximum atomic E-state index is 12.8. The summed E-state index contributed by atoms with van der Waals surface area (Å²) in [6, 6.07) is 22.0. The number of benzene rings is 2. The SMILES string of the molecule is O=C(Nc1cccc(C2SCCCS2)c1)c1ccc(SCc2cn3ccccc3n2)cc1. The standard InChI is InChI=1S/C25H23N3OS3/c29-24(27-20-6-3-5-19(15-20)25-30-13-4-14-31-25)18-8-10-22(11-9-18)32-17-21-16-28-12-2-1-7-23(28)26-21/h1-3,5-12,15-16,25H,4,13-14,17H2,(H,27,29). The van der Waals surface area contributed by atoms with Gasteiger partial charge in [-0.25, -0.2) is 4.98 Å². The van der Waals surface area contributed by atoms with Crippen LogP contribution in [0.1, 0.15) is 32.6 Å². The molecule has 0 bridgehead atoms. The molecule has 1 amide bonds. The molecule has 1 fully saturated rings. The largest absolute Gasteiger partial charge is 0.322 e. The van der Waals surface area contributed by atoms with Gasteiger partial charge in [0.25, 0.3) is 5.91 Å². The highest BCUT2D eigenvalue weighted by atomic mass is 32.2. The van der Waals surface area contributed by atoms with Crippen molar-refractivity contribution in [2.24, 2.45) is 0 Å². The van der Waals surface area contributed by atoms with E-state index in [-0.39, 0.29) is 5.91 Å². The Morgan fingerprint density at radius 2 is 1.91 bits per heavy atom. The molecule has 3 heterocycles. The van der Waals surface area contributed by atoms with Crippen molar-refractivity contribution in [2.45, 2.75) is 21.7 Å². The highest BCUT2D eigenvalue weighted by Gasteiger charge is 2.17. The van der Waals surface area contributed by atoms with Crippen LogP contribution >= 0.6 is 35.3 Å². The summed E-state index contributed by atoms with van der Waals surface area (Å²) in [5.74, 6) is 3.12. The Kier molecular flexibility index (Phi) is 6.76. The van der Waals surface area contributed by atoms with E-state index in [2.05, 4.69) is 28.6 Å². The van der Waals surface area contributed by atoms with E-state index in [1.54, 1.807) is 11.8 Å². The van der Waals surface area contributed by atoms with E-state index in [1.807, 2.05) is 88.7 Å². The van der Waals surface area contributed by atoms with Crippen molar-refractivity contribution in [3.63, 3.8) is 0 Å². The number of thioether (sulfide) groups is 3. The van der Waals surface area contributed by atoms with Gasteiger partial charge in [-0.15, -0.1) is 35.3 Å². The van der Waals surface area contributed by atoms with Crippen molar-refractivity contribution < 1.29 is 4.79 Å². The van der Waals surface area contributed by atoms with Crippen molar-refractivity contribution in [1.29, 1.82) is 0 Å². The minimum Gasteiger partial charge on any atom is -0.322 e. The summed E-state index contributed by atoms with van der Waals surface area (Å²) in [5, 5.41) is 3.05. The first-order chi connectivity index (χ1) is 15.7. The van der Waals surface area contributed by atoms with Gasteiger partial charge in [-0.05, 0) is 72.0 Å². The average molecular weight is 478 g/mol. The number of amides is 1. The number of imidazole rings is 1. The molecule has 0 aliphatic carbocycles. The predicted octanol–water partition coefficient (Wildman–Crippen LogP) is 6.75. The number of anilines is 1. The van der Waals surface area contributed by atoms with Crippen LogP contribution in [0.5, 0.6) is 0 Å². The molecule has 1 aliphatic heterocycles. The van der Waals surface area contributed by atoms with E-state index < -0.39 is 0 Å². The lowest BCUT2D eigenvalue weighted by Crippen LogP contribution is -2.12. The van der Waals surface area contributed by atoms with E-state index in [0.29, 0.717) is 10.1 Å². The third kappa shape index (κ3) is 5.17. The number of aromatic nitrogens is 2. The lowest BCUT2D eigenvalue weighted by molar-refractivity contribution is 0.102. The molecule has 0 atom stereocenters. The molecule has 0 saturated carbocycles. The molecular formula is C25H23N3OS3. The van der Waals surface area contributed by atoms with E-state index in [9.17, 15) is 4.79 Å². The summed E-state index contributed by atoms with van der Waals surface area (Å²) in [6.45, 7) is 0. The van der Waals surface area contributed by atoms with Gasteiger partial charge >= 0.3 is 0 Å². The Hall–Kier alpha value is -2.35. The summed E-state index contributed by atoms with van der Waals surface area (Å²) in [7, 11) is 0. The Morgan fingerprint density at radius 1 is 1.06 bits per heavy atom. The molecule has 2 aromatic carbocycles. The summed E-state index contributed by atoms with van der Waals surface area (Å²) >= 11 is 5.69. The maximum absolute atomic E-state index is 12.8. The number of fused-ring (bicyclic) bond motifs is 1. The summed E-state index contributed by atoms with van der Waals surface area (Å²) in [6.07, 6.45) is 5.34. The molecule has 4 nitrogen and oxygen atoms in total. The zero-order valence-electron chi connectivity index (χ0n) is 17.4. The number of hydrogen-bond donors (Lipinski definition) is 1. The molecule has 0 spiro atoms. The Labute approximate surface area is 200 Å². The molecule has 0 unspecified atom stereocenters. The zero-order valence-corrected chi connectivity index (χ0v) is 19.9. The number of nitrogens with zero attached hydrogens (tertiary/aromatic N) is 2. The second-order valence-electron chi connectivity index (χ2n) is 7.52. The van der Waals surface area contributed by atoms with Gasteiger partial charge in [0.15, 0.2) is 0 Å². The molecule has 7 heteroatoms. The fraction of sp³-hybridized carbons (Fsp3) is 0.200. The number of pyridine rings is 1. The van der Waals surface area contributed by atoms with Gasteiger partial charge in [-0.1, -0.05) is 18.2 Å². The number of carbonyl (C=O) groups excluding carboxylic acids is 1. The Bertz CT molecular complexity index is 1180. The summed E-state index contributed by atoms with van der Waals surface area (Å²) in [5.41, 5.74) is 4.78. The second kappa shape index (κ2) is 10.1. The molecule has 32 heavy (non-hydrogen) atoms. The van der Waals surface area contributed by atoms with Gasteiger partial charge in [-0.2, -0.15) is 0 Å². The number of rotatable bonds is 6. The molecule has 0 radical (unpaired) electrons. The van der Waals surface area contributed by atoms with E-state index in [4.69, 9.17) is 0 Å². The van der Waals surface area contributed by atoms with Crippen LogP contribution in [0.15, 0.2) is 84.0 Å². The topological polar surface area (TPSA) is 46.4 Å². The summed E-state index contributed by atoms with van der Waals surface area (Å²) < 4.78 is 2.49. The van der Waals surface area contributed by atoms with Crippen LogP contribution in [-0.4, -0.2) is 26.8 Å². The van der Waals surface area contributed by atoms with E-state index in [1.165, 1.54) is 23.5 Å². The van der Waals surface area contributed by atoms with Crippen LogP contribution in [0.25, 0.3) is 5.65 Å².